The van der Waals surface area contributed by atoms with Crippen molar-refractivity contribution in [2.24, 2.45) is 0 Å². The zero-order valence-electron chi connectivity index (χ0n) is 10.5. The molecule has 0 saturated carbocycles. The van der Waals surface area contributed by atoms with E-state index < -0.39 is 0 Å². The number of halogens is 1. The quantitative estimate of drug-likeness (QED) is 0.609. The molecule has 0 aromatic carbocycles. The van der Waals surface area contributed by atoms with Gasteiger partial charge >= 0.3 is 0 Å². The molecule has 1 amide bonds. The van der Waals surface area contributed by atoms with E-state index in [0.29, 0.717) is 19.6 Å². The number of hydrogen-bond donors (Lipinski definition) is 2. The van der Waals surface area contributed by atoms with Gasteiger partial charge in [-0.3, -0.25) is 4.79 Å². The Bertz CT molecular complexity index is 166. The average Bonchev–Trinajstić information content (AvgIpc) is 2.17. The fourth-order valence-electron chi connectivity index (χ4n) is 1.07. The molecule has 0 aromatic heterocycles. The van der Waals surface area contributed by atoms with Gasteiger partial charge in [0, 0.05) is 19.5 Å². The van der Waals surface area contributed by atoms with Crippen molar-refractivity contribution < 1.29 is 9.53 Å². The predicted octanol–water partition coefficient (Wildman–Crippen LogP) is 1.34. The predicted molar refractivity (Wildman–Crippen MR) is 69.1 cm³/mol. The number of ether oxygens (including phenoxy) is 1. The normalized spacial score (nSPS) is 10.0. The zero-order chi connectivity index (χ0) is 11.5. The van der Waals surface area contributed by atoms with Gasteiger partial charge in [-0.05, 0) is 26.8 Å². The van der Waals surface area contributed by atoms with Crippen LogP contribution in [0.15, 0.2) is 0 Å². The Balaban J connectivity index is 0. The number of carbonyl (C=O) groups is 1. The summed E-state index contributed by atoms with van der Waals surface area (Å²) < 4.78 is 5.28. The minimum atomic E-state index is 0. The van der Waals surface area contributed by atoms with Crippen molar-refractivity contribution in [1.29, 1.82) is 0 Å². The van der Waals surface area contributed by atoms with Gasteiger partial charge in [-0.2, -0.15) is 0 Å². The fourth-order valence-corrected chi connectivity index (χ4v) is 1.07. The van der Waals surface area contributed by atoms with Crippen molar-refractivity contribution in [2.75, 3.05) is 26.2 Å². The Labute approximate surface area is 105 Å². The van der Waals surface area contributed by atoms with Crippen LogP contribution in [0.2, 0.25) is 0 Å². The second-order valence-corrected chi connectivity index (χ2v) is 3.77. The van der Waals surface area contributed by atoms with Gasteiger partial charge in [-0.15, -0.1) is 12.4 Å². The summed E-state index contributed by atoms with van der Waals surface area (Å²) in [6.07, 6.45) is 1.77. The molecule has 0 aliphatic carbocycles. The number of rotatable bonds is 9. The van der Waals surface area contributed by atoms with Crippen LogP contribution >= 0.6 is 12.4 Å². The zero-order valence-corrected chi connectivity index (χ0v) is 11.4. The molecule has 0 aliphatic heterocycles. The topological polar surface area (TPSA) is 50.4 Å². The Kier molecular flexibility index (Phi) is 14.4. The second kappa shape index (κ2) is 12.7. The lowest BCUT2D eigenvalue weighted by Gasteiger charge is -2.08. The molecule has 2 N–H and O–H groups in total. The third-order valence-corrected chi connectivity index (χ3v) is 1.83. The molecule has 0 unspecified atom stereocenters. The summed E-state index contributed by atoms with van der Waals surface area (Å²) in [5.41, 5.74) is 0. The summed E-state index contributed by atoms with van der Waals surface area (Å²) in [7, 11) is 0. The van der Waals surface area contributed by atoms with Crippen LogP contribution in [0.1, 0.15) is 33.6 Å². The summed E-state index contributed by atoms with van der Waals surface area (Å²) in [6.45, 7) is 9.09. The molecule has 98 valence electrons. The van der Waals surface area contributed by atoms with E-state index in [1.165, 1.54) is 0 Å². The van der Waals surface area contributed by atoms with Crippen LogP contribution in [0.25, 0.3) is 0 Å². The summed E-state index contributed by atoms with van der Waals surface area (Å²) in [5.74, 6) is 0.0638. The van der Waals surface area contributed by atoms with Gasteiger partial charge in [0.15, 0.2) is 0 Å². The Hall–Kier alpha value is -0.320. The van der Waals surface area contributed by atoms with Crippen LogP contribution in [0, 0.1) is 0 Å². The molecule has 0 aromatic rings. The van der Waals surface area contributed by atoms with Crippen molar-refractivity contribution in [2.45, 2.75) is 39.7 Å². The lowest BCUT2D eigenvalue weighted by molar-refractivity contribution is -0.122. The highest BCUT2D eigenvalue weighted by molar-refractivity contribution is 5.85. The molecular formula is C11H25ClN2O2. The van der Waals surface area contributed by atoms with E-state index in [4.69, 9.17) is 4.74 Å². The highest BCUT2D eigenvalue weighted by Crippen LogP contribution is 1.89. The summed E-state index contributed by atoms with van der Waals surface area (Å²) in [5, 5.41) is 6.05. The molecule has 4 nitrogen and oxygen atoms in total. The highest BCUT2D eigenvalue weighted by atomic mass is 35.5. The first kappa shape index (κ1) is 18.1. The van der Waals surface area contributed by atoms with Crippen LogP contribution in [-0.2, 0) is 9.53 Å². The largest absolute Gasteiger partial charge is 0.378 e. The maximum Gasteiger partial charge on any atom is 0.222 e. The van der Waals surface area contributed by atoms with Crippen molar-refractivity contribution in [3.63, 3.8) is 0 Å². The van der Waals surface area contributed by atoms with Gasteiger partial charge in [-0.25, -0.2) is 0 Å². The molecule has 0 bridgehead atoms. The van der Waals surface area contributed by atoms with Gasteiger partial charge in [0.1, 0.15) is 0 Å². The van der Waals surface area contributed by atoms with Crippen molar-refractivity contribution in [3.05, 3.63) is 0 Å². The molecule has 0 spiro atoms. The van der Waals surface area contributed by atoms with E-state index in [9.17, 15) is 4.79 Å². The molecule has 0 saturated heterocycles. The van der Waals surface area contributed by atoms with E-state index in [1.54, 1.807) is 0 Å². The summed E-state index contributed by atoms with van der Waals surface area (Å²) in [4.78, 5) is 11.2. The lowest BCUT2D eigenvalue weighted by Crippen LogP contribution is -2.32. The molecular weight excluding hydrogens is 228 g/mol. The average molecular weight is 253 g/mol. The van der Waals surface area contributed by atoms with Crippen molar-refractivity contribution in [3.8, 4) is 0 Å². The van der Waals surface area contributed by atoms with Crippen molar-refractivity contribution >= 4 is 18.3 Å². The van der Waals surface area contributed by atoms with Crippen LogP contribution in [0.3, 0.4) is 0 Å². The number of nitrogens with one attached hydrogen (secondary N) is 2. The molecule has 0 rings (SSSR count). The monoisotopic (exact) mass is 252 g/mol. The van der Waals surface area contributed by atoms with E-state index in [0.717, 1.165) is 19.5 Å². The Morgan fingerprint density at radius 3 is 2.50 bits per heavy atom. The van der Waals surface area contributed by atoms with Gasteiger partial charge < -0.3 is 15.4 Å². The SMILES string of the molecule is CCCNCCNC(=O)CCOC(C)C.Cl. The molecule has 0 aliphatic rings. The van der Waals surface area contributed by atoms with Gasteiger partial charge in [0.25, 0.3) is 0 Å². The minimum Gasteiger partial charge on any atom is -0.378 e. The summed E-state index contributed by atoms with van der Waals surface area (Å²) >= 11 is 0. The van der Waals surface area contributed by atoms with E-state index in [1.807, 2.05) is 13.8 Å². The maximum absolute atomic E-state index is 11.2. The smallest absolute Gasteiger partial charge is 0.222 e. The third-order valence-electron chi connectivity index (χ3n) is 1.83. The number of hydrogen-bond acceptors (Lipinski definition) is 3. The first-order chi connectivity index (χ1) is 7.16. The fraction of sp³-hybridized carbons (Fsp3) is 0.909. The minimum absolute atomic E-state index is 0. The molecule has 0 fully saturated rings. The van der Waals surface area contributed by atoms with Gasteiger partial charge in [0.2, 0.25) is 5.91 Å². The lowest BCUT2D eigenvalue weighted by atomic mass is 10.4. The van der Waals surface area contributed by atoms with Crippen molar-refractivity contribution in [1.82, 2.24) is 10.6 Å². The molecule has 0 atom stereocenters. The van der Waals surface area contributed by atoms with Crippen LogP contribution in [0.4, 0.5) is 0 Å². The van der Waals surface area contributed by atoms with Gasteiger partial charge in [-0.1, -0.05) is 6.92 Å². The molecule has 16 heavy (non-hydrogen) atoms. The Morgan fingerprint density at radius 1 is 1.25 bits per heavy atom. The standard InChI is InChI=1S/C11H24N2O2.ClH/c1-4-6-12-7-8-13-11(14)5-9-15-10(2)3;/h10,12H,4-9H2,1-3H3,(H,13,14);1H. The first-order valence-electron chi connectivity index (χ1n) is 5.75. The highest BCUT2D eigenvalue weighted by Gasteiger charge is 2.00. The second-order valence-electron chi connectivity index (χ2n) is 3.77. The molecule has 5 heteroatoms. The number of amides is 1. The summed E-state index contributed by atoms with van der Waals surface area (Å²) in [6, 6.07) is 0. The molecule has 0 radical (unpaired) electrons. The van der Waals surface area contributed by atoms with E-state index in [2.05, 4.69) is 17.6 Å². The van der Waals surface area contributed by atoms with Crippen LogP contribution < -0.4 is 10.6 Å². The molecule has 0 heterocycles. The van der Waals surface area contributed by atoms with E-state index >= 15 is 0 Å². The Morgan fingerprint density at radius 2 is 1.94 bits per heavy atom. The third kappa shape index (κ3) is 13.7. The maximum atomic E-state index is 11.2. The van der Waals surface area contributed by atoms with Crippen LogP contribution in [-0.4, -0.2) is 38.3 Å². The van der Waals surface area contributed by atoms with E-state index in [-0.39, 0.29) is 24.4 Å². The first-order valence-corrected chi connectivity index (χ1v) is 5.75. The van der Waals surface area contributed by atoms with Crippen LogP contribution in [0.5, 0.6) is 0 Å². The van der Waals surface area contributed by atoms with Gasteiger partial charge in [0.05, 0.1) is 12.7 Å². The number of carbonyl (C=O) groups excluding carboxylic acids is 1.